The number of hydrogen-bond acceptors (Lipinski definition) is 5. The van der Waals surface area contributed by atoms with Gasteiger partial charge in [0.1, 0.15) is 11.5 Å². The van der Waals surface area contributed by atoms with Crippen LogP contribution in [0.4, 0.5) is 11.4 Å². The van der Waals surface area contributed by atoms with Crippen LogP contribution in [-0.4, -0.2) is 38.8 Å². The van der Waals surface area contributed by atoms with E-state index in [-0.39, 0.29) is 18.4 Å². The monoisotopic (exact) mass is 430 g/mol. The summed E-state index contributed by atoms with van der Waals surface area (Å²) in [6.45, 7) is 1.51. The van der Waals surface area contributed by atoms with Crippen LogP contribution in [0.3, 0.4) is 0 Å². The van der Waals surface area contributed by atoms with Crippen LogP contribution in [0.2, 0.25) is 0 Å². The van der Waals surface area contributed by atoms with Gasteiger partial charge in [-0.25, -0.2) is 8.42 Å². The third-order valence-corrected chi connectivity index (χ3v) is 7.20. The van der Waals surface area contributed by atoms with E-state index in [1.807, 2.05) is 12.1 Å². The van der Waals surface area contributed by atoms with Crippen LogP contribution in [0.15, 0.2) is 48.5 Å². The number of nitrogens with one attached hydrogen (secondary N) is 1. The molecule has 1 fully saturated rings. The first-order valence-corrected chi connectivity index (χ1v) is 11.9. The average Bonchev–Trinajstić information content (AvgIpc) is 3.27. The van der Waals surface area contributed by atoms with Gasteiger partial charge in [0, 0.05) is 5.69 Å². The van der Waals surface area contributed by atoms with E-state index in [1.165, 1.54) is 17.1 Å². The first-order valence-electron chi connectivity index (χ1n) is 10.3. The number of amides is 1. The molecule has 0 saturated heterocycles. The summed E-state index contributed by atoms with van der Waals surface area (Å²) in [4.78, 5) is 12.8. The van der Waals surface area contributed by atoms with Crippen molar-refractivity contribution >= 4 is 27.3 Å². The minimum absolute atomic E-state index is 0.0574. The Morgan fingerprint density at radius 3 is 2.53 bits per heavy atom. The molecule has 30 heavy (non-hydrogen) atoms. The number of carbonyl (C=O) groups is 1. The van der Waals surface area contributed by atoms with Crippen LogP contribution in [0.25, 0.3) is 0 Å². The zero-order chi connectivity index (χ0) is 21.1. The topological polar surface area (TPSA) is 84.9 Å². The van der Waals surface area contributed by atoms with E-state index in [9.17, 15) is 13.2 Å². The molecule has 1 aliphatic heterocycles. The molecule has 8 heteroatoms. The van der Waals surface area contributed by atoms with E-state index in [1.54, 1.807) is 43.3 Å². The largest absolute Gasteiger partial charge is 0.490 e. The highest BCUT2D eigenvalue weighted by molar-refractivity contribution is 7.92. The number of hydrogen-bond donors (Lipinski definition) is 1. The van der Waals surface area contributed by atoms with Crippen LogP contribution in [0.5, 0.6) is 11.5 Å². The van der Waals surface area contributed by atoms with E-state index in [0.717, 1.165) is 18.6 Å². The van der Waals surface area contributed by atoms with Gasteiger partial charge in [-0.1, -0.05) is 12.1 Å². The maximum absolute atomic E-state index is 12.8. The fourth-order valence-electron chi connectivity index (χ4n) is 3.80. The maximum Gasteiger partial charge on any atom is 0.267 e. The van der Waals surface area contributed by atoms with Crippen molar-refractivity contribution in [2.24, 2.45) is 0 Å². The van der Waals surface area contributed by atoms with Gasteiger partial charge in [0.2, 0.25) is 10.0 Å². The van der Waals surface area contributed by atoms with E-state index < -0.39 is 22.0 Å². The molecule has 0 aromatic heterocycles. The highest BCUT2D eigenvalue weighted by Crippen LogP contribution is 2.35. The van der Waals surface area contributed by atoms with Crippen LogP contribution < -0.4 is 19.1 Å². The maximum atomic E-state index is 12.8. The highest BCUT2D eigenvalue weighted by atomic mass is 32.2. The third kappa shape index (κ3) is 4.38. The lowest BCUT2D eigenvalue weighted by Gasteiger charge is -2.34. The predicted octanol–water partition coefficient (Wildman–Crippen LogP) is 3.56. The Labute approximate surface area is 177 Å². The third-order valence-electron chi connectivity index (χ3n) is 5.45. The second-order valence-electron chi connectivity index (χ2n) is 7.54. The molecule has 2 aromatic carbocycles. The van der Waals surface area contributed by atoms with Crippen molar-refractivity contribution in [1.29, 1.82) is 0 Å². The molecule has 160 valence electrons. The molecule has 1 saturated carbocycles. The minimum atomic E-state index is -3.53. The van der Waals surface area contributed by atoms with Gasteiger partial charge in [0.25, 0.3) is 5.91 Å². The Hall–Kier alpha value is -2.74. The summed E-state index contributed by atoms with van der Waals surface area (Å²) in [5.74, 6) is 0.701. The number of anilines is 2. The summed E-state index contributed by atoms with van der Waals surface area (Å²) in [6, 6.07) is 14.1. The minimum Gasteiger partial charge on any atom is -0.490 e. The molecule has 1 amide bonds. The summed E-state index contributed by atoms with van der Waals surface area (Å²) in [5, 5.41) is 2.81. The zero-order valence-electron chi connectivity index (χ0n) is 16.9. The number of rotatable bonds is 6. The number of nitrogens with zero attached hydrogens (tertiary/aromatic N) is 1. The van der Waals surface area contributed by atoms with Crippen LogP contribution in [0, 0.1) is 0 Å². The van der Waals surface area contributed by atoms with Crippen molar-refractivity contribution in [3.05, 3.63) is 48.5 Å². The van der Waals surface area contributed by atoms with Crippen molar-refractivity contribution in [2.45, 2.75) is 44.8 Å². The lowest BCUT2D eigenvalue weighted by molar-refractivity contribution is -0.122. The summed E-state index contributed by atoms with van der Waals surface area (Å²) in [6.07, 6.45) is 3.89. The zero-order valence-corrected chi connectivity index (χ0v) is 17.7. The number of para-hydroxylation sites is 2. The van der Waals surface area contributed by atoms with Gasteiger partial charge in [-0.3, -0.25) is 9.10 Å². The molecule has 0 spiro atoms. The Morgan fingerprint density at radius 2 is 1.83 bits per heavy atom. The molecule has 2 aromatic rings. The number of fused-ring (bicyclic) bond motifs is 1. The van der Waals surface area contributed by atoms with E-state index in [2.05, 4.69) is 5.32 Å². The van der Waals surface area contributed by atoms with Gasteiger partial charge in [0.05, 0.1) is 24.1 Å². The van der Waals surface area contributed by atoms with Crippen molar-refractivity contribution in [3.63, 3.8) is 0 Å². The summed E-state index contributed by atoms with van der Waals surface area (Å²) >= 11 is 0. The summed E-state index contributed by atoms with van der Waals surface area (Å²) < 4.78 is 38.1. The molecule has 2 aliphatic rings. The fourth-order valence-corrected chi connectivity index (χ4v) is 4.92. The van der Waals surface area contributed by atoms with Crippen molar-refractivity contribution in [1.82, 2.24) is 0 Å². The number of ether oxygens (including phenoxy) is 2. The van der Waals surface area contributed by atoms with Crippen LogP contribution in [-0.2, 0) is 14.8 Å². The van der Waals surface area contributed by atoms with Gasteiger partial charge in [-0.2, -0.15) is 0 Å². The Morgan fingerprint density at radius 1 is 1.13 bits per heavy atom. The summed E-state index contributed by atoms with van der Waals surface area (Å²) in [7, 11) is -3.53. The first kappa shape index (κ1) is 20.5. The number of benzene rings is 2. The van der Waals surface area contributed by atoms with Gasteiger partial charge in [-0.05, 0) is 69.0 Å². The number of carbonyl (C=O) groups excluding carboxylic acids is 1. The van der Waals surface area contributed by atoms with Crippen molar-refractivity contribution < 1.29 is 22.7 Å². The molecule has 1 unspecified atom stereocenters. The van der Waals surface area contributed by atoms with Crippen molar-refractivity contribution in [3.8, 4) is 11.5 Å². The van der Waals surface area contributed by atoms with E-state index >= 15 is 0 Å². The van der Waals surface area contributed by atoms with Gasteiger partial charge in [0.15, 0.2) is 6.10 Å². The summed E-state index contributed by atoms with van der Waals surface area (Å²) in [5.41, 5.74) is 1.06. The van der Waals surface area contributed by atoms with E-state index in [4.69, 9.17) is 9.47 Å². The molecule has 1 atom stereocenters. The molecular weight excluding hydrogens is 404 g/mol. The molecular formula is C22H26N2O5S. The lowest BCUT2D eigenvalue weighted by Crippen LogP contribution is -2.49. The Bertz CT molecular complexity index is 1000. The fraction of sp³-hybridized carbons (Fsp3) is 0.409. The number of sulfonamides is 1. The van der Waals surface area contributed by atoms with E-state index in [0.29, 0.717) is 17.1 Å². The predicted molar refractivity (Wildman–Crippen MR) is 116 cm³/mol. The molecule has 1 N–H and O–H groups in total. The second-order valence-corrected chi connectivity index (χ2v) is 9.73. The van der Waals surface area contributed by atoms with Gasteiger partial charge >= 0.3 is 0 Å². The van der Waals surface area contributed by atoms with Crippen LogP contribution >= 0.6 is 0 Å². The Balaban J connectivity index is 1.45. The SMILES string of the molecule is CCS(=O)(=O)N1CC(C(=O)Nc2ccc(OC3CCCC3)cc2)Oc2ccccc21. The molecule has 1 aliphatic carbocycles. The second kappa shape index (κ2) is 8.55. The lowest BCUT2D eigenvalue weighted by atomic mass is 10.2. The smallest absolute Gasteiger partial charge is 0.267 e. The molecule has 7 nitrogen and oxygen atoms in total. The normalized spacial score (nSPS) is 19.1. The van der Waals surface area contributed by atoms with Gasteiger partial charge < -0.3 is 14.8 Å². The average molecular weight is 431 g/mol. The first-order chi connectivity index (χ1) is 14.5. The Kier molecular flexibility index (Phi) is 5.85. The molecule has 0 radical (unpaired) electrons. The van der Waals surface area contributed by atoms with Gasteiger partial charge in [-0.15, -0.1) is 0 Å². The van der Waals surface area contributed by atoms with Crippen molar-refractivity contribution in [2.75, 3.05) is 21.9 Å². The molecule has 1 heterocycles. The standard InChI is InChI=1S/C22H26N2O5S/c1-2-30(26,27)24-15-21(29-20-10-6-5-9-19(20)24)22(25)23-16-11-13-18(14-12-16)28-17-7-3-4-8-17/h5-6,9-14,17,21H,2-4,7-8,15H2,1H3,(H,23,25). The highest BCUT2D eigenvalue weighted by Gasteiger charge is 2.35. The van der Waals surface area contributed by atoms with Crippen LogP contribution in [0.1, 0.15) is 32.6 Å². The molecule has 0 bridgehead atoms. The quantitative estimate of drug-likeness (QED) is 0.757. The molecule has 4 rings (SSSR count).